The molecule has 0 saturated heterocycles. The van der Waals surface area contributed by atoms with Crippen molar-refractivity contribution in [2.45, 2.75) is 162 Å². The molecule has 0 aliphatic heterocycles. The Labute approximate surface area is 173 Å². The van der Waals surface area contributed by atoms with Crippen LogP contribution in [-0.2, 0) is 5.11 Å². The van der Waals surface area contributed by atoms with Gasteiger partial charge < -0.3 is 0 Å². The van der Waals surface area contributed by atoms with Gasteiger partial charge in [0.1, 0.15) is 5.60 Å². The van der Waals surface area contributed by atoms with Crippen molar-refractivity contribution in [1.82, 2.24) is 0 Å². The van der Waals surface area contributed by atoms with Gasteiger partial charge in [0.2, 0.25) is 0 Å². The van der Waals surface area contributed by atoms with Gasteiger partial charge in [-0.25, -0.2) is 5.11 Å². The molecule has 0 fully saturated rings. The first-order chi connectivity index (χ1) is 13.1. The zero-order valence-corrected chi connectivity index (χ0v) is 19.6. The van der Waals surface area contributed by atoms with E-state index >= 15 is 0 Å². The second-order valence-electron chi connectivity index (χ2n) is 9.08. The van der Waals surface area contributed by atoms with Crippen LogP contribution in [0.25, 0.3) is 0 Å². The van der Waals surface area contributed by atoms with Crippen molar-refractivity contribution >= 4 is 0 Å². The molecule has 1 radical (unpaired) electrons. The highest BCUT2D eigenvalue weighted by atomic mass is 16.3. The molecular formula is C26H53O. The topological polar surface area (TPSA) is 19.9 Å². The largest absolute Gasteiger partial charge is 0.229 e. The second kappa shape index (κ2) is 19.3. The maximum atomic E-state index is 13.9. The first-order valence-corrected chi connectivity index (χ1v) is 12.8. The molecule has 1 heteroatoms. The molecule has 0 amide bonds. The van der Waals surface area contributed by atoms with Gasteiger partial charge in [0.05, 0.1) is 0 Å². The smallest absolute Gasteiger partial charge is 0.106 e. The van der Waals surface area contributed by atoms with Gasteiger partial charge in [-0.05, 0) is 31.6 Å². The van der Waals surface area contributed by atoms with E-state index in [1.165, 1.54) is 103 Å². The molecule has 0 N–H and O–H groups in total. The molecule has 0 saturated carbocycles. The van der Waals surface area contributed by atoms with Gasteiger partial charge in [0.15, 0.2) is 0 Å². The van der Waals surface area contributed by atoms with Crippen LogP contribution in [0.15, 0.2) is 0 Å². The molecule has 0 aliphatic rings. The molecule has 0 aromatic heterocycles. The minimum absolute atomic E-state index is 0.422. The molecule has 0 aliphatic carbocycles. The Morgan fingerprint density at radius 1 is 0.481 bits per heavy atom. The Kier molecular flexibility index (Phi) is 19.3. The highest BCUT2D eigenvalue weighted by molar-refractivity contribution is 4.86. The molecule has 0 spiro atoms. The van der Waals surface area contributed by atoms with Crippen molar-refractivity contribution in [2.75, 3.05) is 0 Å². The molecule has 0 aromatic carbocycles. The standard InChI is InChI=1S/C26H53O/c1-5-9-12-14-16-19-22-25(21-18-11-7-3)26(27,23-8-4)24-20-17-15-13-10-6-2/h25H,5-24H2,1-4H3. The molecule has 27 heavy (non-hydrogen) atoms. The fourth-order valence-electron chi connectivity index (χ4n) is 4.64. The average molecular weight is 382 g/mol. The Hall–Kier alpha value is -0.0400. The van der Waals surface area contributed by atoms with E-state index < -0.39 is 5.60 Å². The first kappa shape index (κ1) is 27.0. The SMILES string of the molecule is CCCCCCCCC(CCCCC)C([O])(CCC)CCCCCCCC. The summed E-state index contributed by atoms with van der Waals surface area (Å²) in [4.78, 5) is 0. The van der Waals surface area contributed by atoms with E-state index in [4.69, 9.17) is 0 Å². The van der Waals surface area contributed by atoms with Crippen LogP contribution in [0.1, 0.15) is 156 Å². The summed E-state index contributed by atoms with van der Waals surface area (Å²) in [5.41, 5.74) is -0.642. The third-order valence-corrected chi connectivity index (χ3v) is 6.43. The fourth-order valence-corrected chi connectivity index (χ4v) is 4.64. The van der Waals surface area contributed by atoms with Crippen LogP contribution in [0.4, 0.5) is 0 Å². The predicted molar refractivity (Wildman–Crippen MR) is 122 cm³/mol. The molecule has 0 rings (SSSR count). The second-order valence-corrected chi connectivity index (χ2v) is 9.08. The van der Waals surface area contributed by atoms with Gasteiger partial charge in [-0.3, -0.25) is 0 Å². The van der Waals surface area contributed by atoms with E-state index in [2.05, 4.69) is 27.7 Å². The van der Waals surface area contributed by atoms with Gasteiger partial charge in [-0.15, -0.1) is 0 Å². The van der Waals surface area contributed by atoms with Crippen LogP contribution >= 0.6 is 0 Å². The zero-order chi connectivity index (χ0) is 20.2. The normalized spacial score (nSPS) is 15.0. The van der Waals surface area contributed by atoms with Gasteiger partial charge in [-0.1, -0.05) is 130 Å². The quantitative estimate of drug-likeness (QED) is 0.176. The Morgan fingerprint density at radius 2 is 0.889 bits per heavy atom. The summed E-state index contributed by atoms with van der Waals surface area (Å²) >= 11 is 0. The van der Waals surface area contributed by atoms with E-state index in [1.54, 1.807) is 0 Å². The van der Waals surface area contributed by atoms with Crippen molar-refractivity contribution in [3.05, 3.63) is 0 Å². The summed E-state index contributed by atoms with van der Waals surface area (Å²) in [6, 6.07) is 0. The fraction of sp³-hybridized carbons (Fsp3) is 1.00. The molecule has 0 heterocycles. The Balaban J connectivity index is 4.51. The van der Waals surface area contributed by atoms with E-state index in [1.807, 2.05) is 0 Å². The van der Waals surface area contributed by atoms with Crippen LogP contribution in [0.5, 0.6) is 0 Å². The summed E-state index contributed by atoms with van der Waals surface area (Å²) in [5.74, 6) is 0.422. The third kappa shape index (κ3) is 14.6. The predicted octanol–water partition coefficient (Wildman–Crippen LogP) is 9.65. The van der Waals surface area contributed by atoms with Gasteiger partial charge in [-0.2, -0.15) is 0 Å². The molecule has 0 aromatic rings. The lowest BCUT2D eigenvalue weighted by molar-refractivity contribution is -0.0988. The van der Waals surface area contributed by atoms with Crippen molar-refractivity contribution in [3.63, 3.8) is 0 Å². The Morgan fingerprint density at radius 3 is 1.41 bits per heavy atom. The summed E-state index contributed by atoms with van der Waals surface area (Å²) in [6.07, 6.45) is 24.9. The van der Waals surface area contributed by atoms with E-state index in [0.29, 0.717) is 5.92 Å². The first-order valence-electron chi connectivity index (χ1n) is 12.8. The number of unbranched alkanes of at least 4 members (excludes halogenated alkanes) is 12. The molecule has 1 nitrogen and oxygen atoms in total. The van der Waals surface area contributed by atoms with Gasteiger partial charge >= 0.3 is 0 Å². The maximum Gasteiger partial charge on any atom is 0.106 e. The minimum Gasteiger partial charge on any atom is -0.229 e. The molecule has 2 atom stereocenters. The molecule has 0 bridgehead atoms. The third-order valence-electron chi connectivity index (χ3n) is 6.43. The maximum absolute atomic E-state index is 13.9. The summed E-state index contributed by atoms with van der Waals surface area (Å²) in [5, 5.41) is 13.9. The summed E-state index contributed by atoms with van der Waals surface area (Å²) < 4.78 is 0. The van der Waals surface area contributed by atoms with Crippen LogP contribution < -0.4 is 0 Å². The van der Waals surface area contributed by atoms with E-state index in [0.717, 1.165) is 25.7 Å². The van der Waals surface area contributed by atoms with E-state index in [9.17, 15) is 5.11 Å². The van der Waals surface area contributed by atoms with Gasteiger partial charge in [0.25, 0.3) is 0 Å². The van der Waals surface area contributed by atoms with Crippen molar-refractivity contribution < 1.29 is 5.11 Å². The highest BCUT2D eigenvalue weighted by Gasteiger charge is 2.36. The van der Waals surface area contributed by atoms with Crippen molar-refractivity contribution in [1.29, 1.82) is 0 Å². The number of rotatable bonds is 21. The van der Waals surface area contributed by atoms with Crippen molar-refractivity contribution in [2.24, 2.45) is 5.92 Å². The highest BCUT2D eigenvalue weighted by Crippen LogP contribution is 2.37. The molecular weight excluding hydrogens is 328 g/mol. The van der Waals surface area contributed by atoms with Gasteiger partial charge in [0, 0.05) is 0 Å². The van der Waals surface area contributed by atoms with Crippen LogP contribution in [-0.4, -0.2) is 5.60 Å². The molecule has 2 unspecified atom stereocenters. The number of hydrogen-bond acceptors (Lipinski definition) is 0. The summed E-state index contributed by atoms with van der Waals surface area (Å²) in [7, 11) is 0. The summed E-state index contributed by atoms with van der Waals surface area (Å²) in [6.45, 7) is 9.03. The Bertz CT molecular complexity index is 288. The number of hydrogen-bond donors (Lipinski definition) is 0. The average Bonchev–Trinajstić information content (AvgIpc) is 2.66. The lowest BCUT2D eigenvalue weighted by Crippen LogP contribution is -2.36. The van der Waals surface area contributed by atoms with Crippen LogP contribution in [0.3, 0.4) is 0 Å². The van der Waals surface area contributed by atoms with Crippen LogP contribution in [0, 0.1) is 5.92 Å². The molecule has 163 valence electrons. The monoisotopic (exact) mass is 381 g/mol. The van der Waals surface area contributed by atoms with Crippen molar-refractivity contribution in [3.8, 4) is 0 Å². The lowest BCUT2D eigenvalue weighted by atomic mass is 9.74. The minimum atomic E-state index is -0.642. The van der Waals surface area contributed by atoms with E-state index in [-0.39, 0.29) is 0 Å². The van der Waals surface area contributed by atoms with Crippen LogP contribution in [0.2, 0.25) is 0 Å². The lowest BCUT2D eigenvalue weighted by Gasteiger charge is -2.35. The zero-order valence-electron chi connectivity index (χ0n) is 19.6.